The molecule has 1 amide bonds. The van der Waals surface area contributed by atoms with Crippen LogP contribution in [0.25, 0.3) is 16.9 Å². The van der Waals surface area contributed by atoms with Gasteiger partial charge in [-0.2, -0.15) is 0 Å². The smallest absolute Gasteiger partial charge is 0.238 e. The fourth-order valence-electron chi connectivity index (χ4n) is 2.98. The first-order chi connectivity index (χ1) is 14.6. The molecule has 3 aromatic rings. The average Bonchev–Trinajstić information content (AvgIpc) is 3.27. The summed E-state index contributed by atoms with van der Waals surface area (Å²) in [5.41, 5.74) is 7.98. The van der Waals surface area contributed by atoms with Gasteiger partial charge in [0.15, 0.2) is 11.5 Å². The number of aromatic nitrogens is 3. The zero-order valence-corrected chi connectivity index (χ0v) is 18.4. The molecule has 0 aliphatic heterocycles. The second kappa shape index (κ2) is 10.5. The van der Waals surface area contributed by atoms with E-state index in [2.05, 4.69) is 15.6 Å². The number of nitrogens with two attached hydrogens (primary N) is 1. The molecular weight excluding hydrogens is 426 g/mol. The van der Waals surface area contributed by atoms with Crippen LogP contribution < -0.4 is 30.0 Å². The van der Waals surface area contributed by atoms with Gasteiger partial charge >= 0.3 is 0 Å². The van der Waals surface area contributed by atoms with Crippen LogP contribution in [0.4, 0.5) is 5.69 Å². The van der Waals surface area contributed by atoms with Crippen molar-refractivity contribution < 1.29 is 23.7 Å². The number of halogens is 1. The molecule has 31 heavy (non-hydrogen) atoms. The van der Waals surface area contributed by atoms with Gasteiger partial charge in [-0.3, -0.25) is 4.79 Å². The van der Waals surface area contributed by atoms with Crippen molar-refractivity contribution >= 4 is 24.0 Å². The first-order valence-corrected chi connectivity index (χ1v) is 8.95. The van der Waals surface area contributed by atoms with Gasteiger partial charge in [0.05, 0.1) is 58.2 Å². The van der Waals surface area contributed by atoms with E-state index in [1.165, 1.54) is 14.2 Å². The summed E-state index contributed by atoms with van der Waals surface area (Å²) >= 11 is 0. The highest BCUT2D eigenvalue weighted by Gasteiger charge is 2.18. The summed E-state index contributed by atoms with van der Waals surface area (Å²) in [5.74, 6) is 1.62. The van der Waals surface area contributed by atoms with E-state index in [9.17, 15) is 4.79 Å². The van der Waals surface area contributed by atoms with Crippen LogP contribution >= 0.6 is 12.4 Å². The molecule has 1 heterocycles. The molecule has 3 N–H and O–H groups in total. The third-order valence-corrected chi connectivity index (χ3v) is 4.40. The summed E-state index contributed by atoms with van der Waals surface area (Å²) in [7, 11) is 6.14. The summed E-state index contributed by atoms with van der Waals surface area (Å²) < 4.78 is 23.2. The molecule has 0 saturated carbocycles. The van der Waals surface area contributed by atoms with Gasteiger partial charge in [-0.15, -0.1) is 17.5 Å². The van der Waals surface area contributed by atoms with Crippen LogP contribution in [0.15, 0.2) is 36.5 Å². The van der Waals surface area contributed by atoms with E-state index < -0.39 is 0 Å². The van der Waals surface area contributed by atoms with E-state index in [0.717, 1.165) is 5.56 Å². The zero-order chi connectivity index (χ0) is 21.7. The van der Waals surface area contributed by atoms with Crippen molar-refractivity contribution in [1.82, 2.24) is 15.0 Å². The second-order valence-corrected chi connectivity index (χ2v) is 6.08. The van der Waals surface area contributed by atoms with Crippen LogP contribution in [0.2, 0.25) is 0 Å². The fraction of sp³-hybridized carbons (Fsp3) is 0.250. The minimum Gasteiger partial charge on any atom is -0.495 e. The quantitative estimate of drug-likeness (QED) is 0.537. The van der Waals surface area contributed by atoms with Gasteiger partial charge in [-0.05, 0) is 18.2 Å². The van der Waals surface area contributed by atoms with Crippen molar-refractivity contribution in [2.45, 2.75) is 0 Å². The molecule has 1 aromatic heterocycles. The number of rotatable bonds is 8. The number of amides is 1. The Hall–Kier alpha value is -3.50. The molecule has 0 aliphatic carbocycles. The van der Waals surface area contributed by atoms with Crippen molar-refractivity contribution in [1.29, 1.82) is 0 Å². The maximum Gasteiger partial charge on any atom is 0.238 e. The number of methoxy groups -OCH3 is 4. The minimum atomic E-state index is -0.332. The monoisotopic (exact) mass is 449 g/mol. The third kappa shape index (κ3) is 4.81. The SMILES string of the molecule is COc1ccc(-c2cnnn2-c2cc(OC)c(OC)c(OC)c2)cc1NC(=O)CN.Cl. The van der Waals surface area contributed by atoms with E-state index in [0.29, 0.717) is 40.1 Å². The third-order valence-electron chi connectivity index (χ3n) is 4.40. The highest BCUT2D eigenvalue weighted by Crippen LogP contribution is 2.40. The lowest BCUT2D eigenvalue weighted by Crippen LogP contribution is -2.22. The standard InChI is InChI=1S/C20H23N5O5.ClH/c1-27-16-6-5-12(7-14(16)23-19(26)10-21)15-11-22-24-25(15)13-8-17(28-2)20(30-4)18(9-13)29-3;/h5-9,11H,10,21H2,1-4H3,(H,23,26);1H. The Kier molecular flexibility index (Phi) is 8.06. The fourth-order valence-corrected chi connectivity index (χ4v) is 2.98. The molecular formula is C20H24ClN5O5. The number of carbonyl (C=O) groups excluding carboxylic acids is 1. The van der Waals surface area contributed by atoms with Crippen LogP contribution in [0, 0.1) is 0 Å². The lowest BCUT2D eigenvalue weighted by Gasteiger charge is -2.15. The maximum absolute atomic E-state index is 11.8. The Bertz CT molecular complexity index is 1030. The number of benzene rings is 2. The zero-order valence-electron chi connectivity index (χ0n) is 17.5. The summed E-state index contributed by atoms with van der Waals surface area (Å²) in [6, 6.07) is 8.87. The topological polar surface area (TPSA) is 123 Å². The minimum absolute atomic E-state index is 0. The van der Waals surface area contributed by atoms with Crippen molar-refractivity contribution in [3.63, 3.8) is 0 Å². The number of ether oxygens (including phenoxy) is 4. The van der Waals surface area contributed by atoms with Crippen LogP contribution in [0.3, 0.4) is 0 Å². The highest BCUT2D eigenvalue weighted by atomic mass is 35.5. The van der Waals surface area contributed by atoms with Gasteiger partial charge in [0.2, 0.25) is 11.7 Å². The molecule has 11 heteroatoms. The molecule has 0 aliphatic rings. The van der Waals surface area contributed by atoms with Crippen molar-refractivity contribution in [2.75, 3.05) is 40.3 Å². The Morgan fingerprint density at radius 3 is 2.19 bits per heavy atom. The number of anilines is 1. The normalized spacial score (nSPS) is 10.1. The van der Waals surface area contributed by atoms with Crippen LogP contribution in [-0.4, -0.2) is 55.9 Å². The summed E-state index contributed by atoms with van der Waals surface area (Å²) in [6.07, 6.45) is 1.61. The van der Waals surface area contributed by atoms with Gasteiger partial charge in [0, 0.05) is 17.7 Å². The maximum atomic E-state index is 11.8. The molecule has 3 rings (SSSR count). The van der Waals surface area contributed by atoms with Gasteiger partial charge in [0.25, 0.3) is 0 Å². The highest BCUT2D eigenvalue weighted by molar-refractivity contribution is 5.94. The van der Waals surface area contributed by atoms with E-state index in [1.807, 2.05) is 6.07 Å². The molecule has 0 fully saturated rings. The van der Waals surface area contributed by atoms with Gasteiger partial charge in [-0.1, -0.05) is 5.21 Å². The average molecular weight is 450 g/mol. The van der Waals surface area contributed by atoms with E-state index >= 15 is 0 Å². The Balaban J connectivity index is 0.00000341. The number of carbonyl (C=O) groups is 1. The largest absolute Gasteiger partial charge is 0.495 e. The summed E-state index contributed by atoms with van der Waals surface area (Å²) in [4.78, 5) is 11.8. The van der Waals surface area contributed by atoms with E-state index in [1.54, 1.807) is 49.4 Å². The molecule has 166 valence electrons. The predicted molar refractivity (Wildman–Crippen MR) is 118 cm³/mol. The summed E-state index contributed by atoms with van der Waals surface area (Å²) in [5, 5.41) is 11.0. The Morgan fingerprint density at radius 1 is 1.00 bits per heavy atom. The number of nitrogens with one attached hydrogen (secondary N) is 1. The second-order valence-electron chi connectivity index (χ2n) is 6.08. The van der Waals surface area contributed by atoms with E-state index in [4.69, 9.17) is 24.7 Å². The van der Waals surface area contributed by atoms with Crippen LogP contribution in [-0.2, 0) is 4.79 Å². The Morgan fingerprint density at radius 2 is 1.65 bits per heavy atom. The lowest BCUT2D eigenvalue weighted by atomic mass is 10.1. The first kappa shape index (κ1) is 23.8. The molecule has 0 atom stereocenters. The number of hydrogen-bond acceptors (Lipinski definition) is 8. The molecule has 0 radical (unpaired) electrons. The van der Waals surface area contributed by atoms with Gasteiger partial charge in [0.1, 0.15) is 5.75 Å². The molecule has 2 aromatic carbocycles. The Labute approximate surface area is 185 Å². The van der Waals surface area contributed by atoms with E-state index in [-0.39, 0.29) is 24.9 Å². The van der Waals surface area contributed by atoms with Crippen molar-refractivity contribution in [3.05, 3.63) is 36.5 Å². The number of hydrogen-bond donors (Lipinski definition) is 2. The van der Waals surface area contributed by atoms with Gasteiger partial charge < -0.3 is 30.0 Å². The molecule has 0 saturated heterocycles. The van der Waals surface area contributed by atoms with Crippen LogP contribution in [0.1, 0.15) is 0 Å². The van der Waals surface area contributed by atoms with Crippen molar-refractivity contribution in [2.24, 2.45) is 5.73 Å². The van der Waals surface area contributed by atoms with Gasteiger partial charge in [-0.25, -0.2) is 4.68 Å². The van der Waals surface area contributed by atoms with Crippen LogP contribution in [0.5, 0.6) is 23.0 Å². The summed E-state index contributed by atoms with van der Waals surface area (Å²) in [6.45, 7) is -0.141. The van der Waals surface area contributed by atoms with Crippen molar-refractivity contribution in [3.8, 4) is 39.9 Å². The molecule has 0 bridgehead atoms. The molecule has 0 spiro atoms. The predicted octanol–water partition coefficient (Wildman–Crippen LogP) is 2.29. The number of nitrogens with zero attached hydrogens (tertiary/aromatic N) is 3. The first-order valence-electron chi connectivity index (χ1n) is 8.95. The lowest BCUT2D eigenvalue weighted by molar-refractivity contribution is -0.114. The molecule has 10 nitrogen and oxygen atoms in total. The molecule has 0 unspecified atom stereocenters.